The normalized spacial score (nSPS) is 10.8. The molecule has 29 heavy (non-hydrogen) atoms. The lowest BCUT2D eigenvalue weighted by Crippen LogP contribution is -2.15. The molecule has 0 unspecified atom stereocenters. The summed E-state index contributed by atoms with van der Waals surface area (Å²) in [7, 11) is 0. The van der Waals surface area contributed by atoms with Crippen molar-refractivity contribution in [3.05, 3.63) is 84.6 Å². The lowest BCUT2D eigenvalue weighted by atomic mass is 10.1. The smallest absolute Gasteiger partial charge is 0.273 e. The third-order valence-corrected chi connectivity index (χ3v) is 5.42. The fraction of sp³-hybridized carbons (Fsp3) is 0.200. The van der Waals surface area contributed by atoms with Crippen LogP contribution in [0.25, 0.3) is 0 Å². The van der Waals surface area contributed by atoms with Crippen molar-refractivity contribution in [2.75, 3.05) is 5.32 Å². The molecule has 1 amide bonds. The van der Waals surface area contributed by atoms with E-state index in [0.29, 0.717) is 33.5 Å². The van der Waals surface area contributed by atoms with Crippen molar-refractivity contribution in [3.8, 4) is 0 Å². The molecule has 0 spiro atoms. The van der Waals surface area contributed by atoms with E-state index in [4.69, 9.17) is 23.2 Å². The Balaban J connectivity index is 1.87. The zero-order valence-corrected chi connectivity index (χ0v) is 17.5. The molecular weight excluding hydrogens is 415 g/mol. The molecule has 0 bridgehead atoms. The number of anilines is 1. The number of nitrogens with one attached hydrogen (secondary N) is 1. The molecule has 0 aliphatic carbocycles. The molecule has 1 N–H and O–H groups in total. The van der Waals surface area contributed by atoms with E-state index < -0.39 is 10.8 Å². The predicted molar refractivity (Wildman–Crippen MR) is 113 cm³/mol. The Hall–Kier alpha value is -2.90. The monoisotopic (exact) mass is 432 g/mol. The van der Waals surface area contributed by atoms with Crippen molar-refractivity contribution in [1.29, 1.82) is 0 Å². The molecule has 150 valence electrons. The SMILES string of the molecule is Cc1nn(Cc2ccc(Cl)c(Cl)c2)c(C)c1NC(=O)c1cccc([N+](=O)[O-])c1C. The van der Waals surface area contributed by atoms with Crippen molar-refractivity contribution in [3.63, 3.8) is 0 Å². The maximum Gasteiger partial charge on any atom is 0.273 e. The van der Waals surface area contributed by atoms with Crippen LogP contribution in [0.5, 0.6) is 0 Å². The van der Waals surface area contributed by atoms with Crippen LogP contribution >= 0.6 is 23.2 Å². The summed E-state index contributed by atoms with van der Waals surface area (Å²) in [6, 6.07) is 9.77. The molecule has 0 aliphatic heterocycles. The van der Waals surface area contributed by atoms with E-state index in [1.54, 1.807) is 36.7 Å². The van der Waals surface area contributed by atoms with E-state index in [1.807, 2.05) is 13.0 Å². The van der Waals surface area contributed by atoms with Crippen LogP contribution in [0.15, 0.2) is 36.4 Å². The number of amides is 1. The van der Waals surface area contributed by atoms with Gasteiger partial charge in [-0.05, 0) is 44.5 Å². The van der Waals surface area contributed by atoms with Gasteiger partial charge < -0.3 is 5.32 Å². The number of nitro benzene ring substituents is 1. The number of carbonyl (C=O) groups is 1. The quantitative estimate of drug-likeness (QED) is 0.435. The summed E-state index contributed by atoms with van der Waals surface area (Å²) in [5, 5.41) is 19.4. The number of carbonyl (C=O) groups excluding carboxylic acids is 1. The maximum absolute atomic E-state index is 12.8. The summed E-state index contributed by atoms with van der Waals surface area (Å²) in [6.07, 6.45) is 0. The predicted octanol–water partition coefficient (Wildman–Crippen LogP) is 5.32. The number of halogens is 2. The van der Waals surface area contributed by atoms with Crippen LogP contribution in [0.2, 0.25) is 10.0 Å². The summed E-state index contributed by atoms with van der Waals surface area (Å²) >= 11 is 12.0. The van der Waals surface area contributed by atoms with Crippen molar-refractivity contribution >= 4 is 40.5 Å². The molecule has 3 aromatic rings. The maximum atomic E-state index is 12.8. The Labute approximate surface area is 177 Å². The summed E-state index contributed by atoms with van der Waals surface area (Å²) in [5.41, 5.74) is 3.34. The van der Waals surface area contributed by atoms with Gasteiger partial charge in [-0.25, -0.2) is 0 Å². The molecule has 2 aromatic carbocycles. The number of hydrogen-bond acceptors (Lipinski definition) is 4. The standard InChI is InChI=1S/C20H18Cl2N4O3/c1-11-15(5-4-6-18(11)26(28)29)20(27)23-19-12(2)24-25(13(19)3)10-14-7-8-16(21)17(22)9-14/h4-9H,10H2,1-3H3,(H,23,27). The third-order valence-electron chi connectivity index (χ3n) is 4.68. The average molecular weight is 433 g/mol. The zero-order chi connectivity index (χ0) is 21.3. The number of nitrogens with zero attached hydrogens (tertiary/aromatic N) is 3. The molecule has 0 radical (unpaired) electrons. The first-order valence-corrected chi connectivity index (χ1v) is 9.48. The molecule has 1 heterocycles. The minimum Gasteiger partial charge on any atom is -0.319 e. The summed E-state index contributed by atoms with van der Waals surface area (Å²) < 4.78 is 1.75. The van der Waals surface area contributed by atoms with Gasteiger partial charge in [0.15, 0.2) is 0 Å². The van der Waals surface area contributed by atoms with E-state index in [-0.39, 0.29) is 11.3 Å². The van der Waals surface area contributed by atoms with Gasteiger partial charge in [-0.3, -0.25) is 19.6 Å². The van der Waals surface area contributed by atoms with Gasteiger partial charge >= 0.3 is 0 Å². The minimum absolute atomic E-state index is 0.0959. The second-order valence-electron chi connectivity index (χ2n) is 6.61. The Morgan fingerprint density at radius 3 is 2.55 bits per heavy atom. The Morgan fingerprint density at radius 2 is 1.90 bits per heavy atom. The van der Waals surface area contributed by atoms with E-state index in [0.717, 1.165) is 11.3 Å². The first kappa shape index (κ1) is 20.8. The van der Waals surface area contributed by atoms with Crippen LogP contribution in [-0.4, -0.2) is 20.6 Å². The fourth-order valence-corrected chi connectivity index (χ4v) is 3.41. The van der Waals surface area contributed by atoms with Gasteiger partial charge in [0, 0.05) is 17.2 Å². The van der Waals surface area contributed by atoms with Crippen LogP contribution in [-0.2, 0) is 6.54 Å². The molecular formula is C20H18Cl2N4O3. The average Bonchev–Trinajstić information content (AvgIpc) is 2.92. The van der Waals surface area contributed by atoms with E-state index in [9.17, 15) is 14.9 Å². The highest BCUT2D eigenvalue weighted by Crippen LogP contribution is 2.26. The molecule has 0 saturated carbocycles. The van der Waals surface area contributed by atoms with Gasteiger partial charge in [-0.2, -0.15) is 5.10 Å². The van der Waals surface area contributed by atoms with Crippen LogP contribution in [0.3, 0.4) is 0 Å². The largest absolute Gasteiger partial charge is 0.319 e. The van der Waals surface area contributed by atoms with E-state index in [1.165, 1.54) is 12.1 Å². The Kier molecular flexibility index (Phi) is 5.91. The number of aromatic nitrogens is 2. The summed E-state index contributed by atoms with van der Waals surface area (Å²) in [6.45, 7) is 5.64. The molecule has 0 aliphatic rings. The molecule has 0 fully saturated rings. The molecule has 0 atom stereocenters. The first-order valence-electron chi connectivity index (χ1n) is 8.72. The van der Waals surface area contributed by atoms with Gasteiger partial charge in [0.2, 0.25) is 0 Å². The number of benzene rings is 2. The van der Waals surface area contributed by atoms with Gasteiger partial charge in [-0.15, -0.1) is 0 Å². The van der Waals surface area contributed by atoms with Gasteiger partial charge in [-0.1, -0.05) is 35.3 Å². The number of rotatable bonds is 5. The summed E-state index contributed by atoms with van der Waals surface area (Å²) in [4.78, 5) is 23.4. The highest BCUT2D eigenvalue weighted by Gasteiger charge is 2.20. The lowest BCUT2D eigenvalue weighted by Gasteiger charge is -2.09. The van der Waals surface area contributed by atoms with Gasteiger partial charge in [0.25, 0.3) is 11.6 Å². The number of hydrogen-bond donors (Lipinski definition) is 1. The highest BCUT2D eigenvalue weighted by molar-refractivity contribution is 6.42. The summed E-state index contributed by atoms with van der Waals surface area (Å²) in [5.74, 6) is -0.425. The number of nitro groups is 1. The number of aryl methyl sites for hydroxylation is 1. The molecule has 9 heteroatoms. The van der Waals surface area contributed by atoms with Gasteiger partial charge in [0.05, 0.1) is 38.6 Å². The van der Waals surface area contributed by atoms with Crippen molar-refractivity contribution in [2.45, 2.75) is 27.3 Å². The third kappa shape index (κ3) is 4.26. The molecule has 7 nitrogen and oxygen atoms in total. The second kappa shape index (κ2) is 8.23. The van der Waals surface area contributed by atoms with Crippen LogP contribution in [0, 0.1) is 30.9 Å². The fourth-order valence-electron chi connectivity index (χ4n) is 3.09. The van der Waals surface area contributed by atoms with Crippen molar-refractivity contribution in [2.24, 2.45) is 0 Å². The minimum atomic E-state index is -0.502. The van der Waals surface area contributed by atoms with Crippen LogP contribution in [0.1, 0.15) is 32.9 Å². The zero-order valence-electron chi connectivity index (χ0n) is 16.0. The lowest BCUT2D eigenvalue weighted by molar-refractivity contribution is -0.385. The molecule has 3 rings (SSSR count). The highest BCUT2D eigenvalue weighted by atomic mass is 35.5. The molecule has 0 saturated heterocycles. The first-order chi connectivity index (χ1) is 13.7. The Morgan fingerprint density at radius 1 is 1.17 bits per heavy atom. The van der Waals surface area contributed by atoms with Crippen LogP contribution < -0.4 is 5.32 Å². The Bertz CT molecular complexity index is 1130. The van der Waals surface area contributed by atoms with Crippen molar-refractivity contribution < 1.29 is 9.72 Å². The van der Waals surface area contributed by atoms with E-state index in [2.05, 4.69) is 10.4 Å². The van der Waals surface area contributed by atoms with Crippen LogP contribution in [0.4, 0.5) is 11.4 Å². The molecule has 1 aromatic heterocycles. The topological polar surface area (TPSA) is 90.1 Å². The van der Waals surface area contributed by atoms with E-state index >= 15 is 0 Å². The van der Waals surface area contributed by atoms with Crippen molar-refractivity contribution in [1.82, 2.24) is 9.78 Å². The second-order valence-corrected chi connectivity index (χ2v) is 7.43. The van der Waals surface area contributed by atoms with Gasteiger partial charge in [0.1, 0.15) is 0 Å².